The molecule has 5 nitrogen and oxygen atoms in total. The van der Waals surface area contributed by atoms with Crippen LogP contribution < -0.4 is 0 Å². The molecule has 0 aliphatic rings. The third kappa shape index (κ3) is 1.47. The SMILES string of the molecule is O=[N+]([O-])c1cc(-n2cccc2)ccn1. The van der Waals surface area contributed by atoms with Crippen molar-refractivity contribution in [2.75, 3.05) is 0 Å². The Kier molecular flexibility index (Phi) is 1.98. The Hall–Kier alpha value is -2.17. The van der Waals surface area contributed by atoms with Gasteiger partial charge >= 0.3 is 5.82 Å². The Morgan fingerprint density at radius 2 is 2.07 bits per heavy atom. The van der Waals surface area contributed by atoms with Crippen LogP contribution in [0, 0.1) is 10.1 Å². The molecule has 0 atom stereocenters. The van der Waals surface area contributed by atoms with Crippen molar-refractivity contribution in [2.45, 2.75) is 0 Å². The van der Waals surface area contributed by atoms with Gasteiger partial charge in [-0.1, -0.05) is 0 Å². The molecule has 0 bridgehead atoms. The van der Waals surface area contributed by atoms with Gasteiger partial charge in [-0.3, -0.25) is 0 Å². The van der Waals surface area contributed by atoms with Gasteiger partial charge in [0, 0.05) is 18.5 Å². The Bertz CT molecular complexity index is 451. The number of aromatic nitrogens is 2. The van der Waals surface area contributed by atoms with Crippen LogP contribution >= 0.6 is 0 Å². The monoisotopic (exact) mass is 189 g/mol. The van der Waals surface area contributed by atoms with E-state index < -0.39 is 4.92 Å². The molecular formula is C9H7N3O2. The molecule has 0 spiro atoms. The van der Waals surface area contributed by atoms with Crippen LogP contribution in [0.3, 0.4) is 0 Å². The first-order chi connectivity index (χ1) is 6.77. The van der Waals surface area contributed by atoms with E-state index in [-0.39, 0.29) is 5.82 Å². The second kappa shape index (κ2) is 3.29. The summed E-state index contributed by atoms with van der Waals surface area (Å²) in [6.07, 6.45) is 5.06. The molecule has 0 saturated carbocycles. The maximum Gasteiger partial charge on any atom is 0.365 e. The Labute approximate surface area is 79.8 Å². The standard InChI is InChI=1S/C9H7N3O2/c13-12(14)9-7-8(3-4-10-9)11-5-1-2-6-11/h1-7H. The molecule has 2 rings (SSSR count). The highest BCUT2D eigenvalue weighted by atomic mass is 16.6. The average Bonchev–Trinajstić information content (AvgIpc) is 2.71. The highest BCUT2D eigenvalue weighted by Crippen LogP contribution is 2.13. The van der Waals surface area contributed by atoms with Crippen LogP contribution in [0.25, 0.3) is 5.69 Å². The topological polar surface area (TPSA) is 61.0 Å². The molecule has 2 aromatic rings. The van der Waals surface area contributed by atoms with Crippen molar-refractivity contribution in [3.05, 3.63) is 53.0 Å². The van der Waals surface area contributed by atoms with E-state index in [1.165, 1.54) is 12.3 Å². The summed E-state index contributed by atoms with van der Waals surface area (Å²) in [6, 6.07) is 6.85. The molecule has 0 amide bonds. The molecule has 0 aliphatic heterocycles. The summed E-state index contributed by atoms with van der Waals surface area (Å²) in [5.74, 6) is -0.142. The van der Waals surface area contributed by atoms with Crippen LogP contribution in [0.4, 0.5) is 5.82 Å². The summed E-state index contributed by atoms with van der Waals surface area (Å²) < 4.78 is 1.79. The summed E-state index contributed by atoms with van der Waals surface area (Å²) in [7, 11) is 0. The molecule has 70 valence electrons. The van der Waals surface area contributed by atoms with Crippen molar-refractivity contribution in [3.8, 4) is 5.69 Å². The first-order valence-electron chi connectivity index (χ1n) is 4.01. The van der Waals surface area contributed by atoms with Gasteiger partial charge in [0.05, 0.1) is 11.8 Å². The quantitative estimate of drug-likeness (QED) is 0.534. The zero-order valence-electron chi connectivity index (χ0n) is 7.20. The van der Waals surface area contributed by atoms with E-state index in [9.17, 15) is 10.1 Å². The minimum Gasteiger partial charge on any atom is -0.358 e. The highest BCUT2D eigenvalue weighted by Gasteiger charge is 2.07. The van der Waals surface area contributed by atoms with Gasteiger partial charge in [0.25, 0.3) is 0 Å². The lowest BCUT2D eigenvalue weighted by atomic mass is 10.4. The van der Waals surface area contributed by atoms with Gasteiger partial charge in [-0.05, 0) is 22.0 Å². The van der Waals surface area contributed by atoms with Gasteiger partial charge in [-0.15, -0.1) is 0 Å². The zero-order valence-corrected chi connectivity index (χ0v) is 7.20. The zero-order chi connectivity index (χ0) is 9.97. The Morgan fingerprint density at radius 3 is 2.71 bits per heavy atom. The molecule has 2 heterocycles. The van der Waals surface area contributed by atoms with E-state index in [2.05, 4.69) is 4.98 Å². The predicted octanol–water partition coefficient (Wildman–Crippen LogP) is 1.78. The fourth-order valence-electron chi connectivity index (χ4n) is 1.17. The number of hydrogen-bond acceptors (Lipinski definition) is 3. The third-order valence-corrected chi connectivity index (χ3v) is 1.82. The van der Waals surface area contributed by atoms with Gasteiger partial charge in [0.1, 0.15) is 6.20 Å². The molecule has 5 heteroatoms. The number of nitrogens with zero attached hydrogens (tertiary/aromatic N) is 3. The second-order valence-corrected chi connectivity index (χ2v) is 2.72. The van der Waals surface area contributed by atoms with Gasteiger partial charge in [0.2, 0.25) is 0 Å². The molecule has 0 aliphatic carbocycles. The van der Waals surface area contributed by atoms with E-state index in [1.54, 1.807) is 10.6 Å². The number of hydrogen-bond donors (Lipinski definition) is 0. The summed E-state index contributed by atoms with van der Waals surface area (Å²) in [4.78, 5) is 13.6. The van der Waals surface area contributed by atoms with E-state index in [4.69, 9.17) is 0 Å². The normalized spacial score (nSPS) is 10.0. The lowest BCUT2D eigenvalue weighted by Crippen LogP contribution is -1.95. The second-order valence-electron chi connectivity index (χ2n) is 2.72. The van der Waals surface area contributed by atoms with Crippen LogP contribution in [0.15, 0.2) is 42.9 Å². The fourth-order valence-corrected chi connectivity index (χ4v) is 1.17. The fraction of sp³-hybridized carbons (Fsp3) is 0. The summed E-state index contributed by atoms with van der Waals surface area (Å²) >= 11 is 0. The summed E-state index contributed by atoms with van der Waals surface area (Å²) in [5.41, 5.74) is 0.733. The Balaban J connectivity index is 2.46. The van der Waals surface area contributed by atoms with Crippen molar-refractivity contribution in [1.82, 2.24) is 9.55 Å². The molecule has 2 aromatic heterocycles. The maximum absolute atomic E-state index is 10.5. The van der Waals surface area contributed by atoms with Crippen LogP contribution in [-0.2, 0) is 0 Å². The van der Waals surface area contributed by atoms with Gasteiger partial charge in [-0.25, -0.2) is 0 Å². The van der Waals surface area contributed by atoms with Gasteiger partial charge < -0.3 is 14.7 Å². The van der Waals surface area contributed by atoms with Crippen LogP contribution in [0.5, 0.6) is 0 Å². The molecule has 0 radical (unpaired) electrons. The van der Waals surface area contributed by atoms with E-state index in [0.29, 0.717) is 0 Å². The lowest BCUT2D eigenvalue weighted by molar-refractivity contribution is -0.389. The molecule has 0 N–H and O–H groups in total. The molecule has 0 aromatic carbocycles. The van der Waals surface area contributed by atoms with E-state index in [0.717, 1.165) is 5.69 Å². The van der Waals surface area contributed by atoms with Crippen molar-refractivity contribution in [3.63, 3.8) is 0 Å². The molecule has 14 heavy (non-hydrogen) atoms. The van der Waals surface area contributed by atoms with Gasteiger partial charge in [-0.2, -0.15) is 0 Å². The summed E-state index contributed by atoms with van der Waals surface area (Å²) in [5, 5.41) is 10.5. The minimum absolute atomic E-state index is 0.142. The largest absolute Gasteiger partial charge is 0.365 e. The van der Waals surface area contributed by atoms with Crippen LogP contribution in [0.2, 0.25) is 0 Å². The molecule has 0 unspecified atom stereocenters. The molecule has 0 fully saturated rings. The first-order valence-corrected chi connectivity index (χ1v) is 4.01. The average molecular weight is 189 g/mol. The van der Waals surface area contributed by atoms with Crippen LogP contribution in [-0.4, -0.2) is 14.5 Å². The predicted molar refractivity (Wildman–Crippen MR) is 50.2 cm³/mol. The first kappa shape index (κ1) is 8.43. The number of pyridine rings is 1. The smallest absolute Gasteiger partial charge is 0.358 e. The molecule has 0 saturated heterocycles. The number of rotatable bonds is 2. The van der Waals surface area contributed by atoms with Crippen LogP contribution in [0.1, 0.15) is 0 Å². The lowest BCUT2D eigenvalue weighted by Gasteiger charge is -2.00. The van der Waals surface area contributed by atoms with E-state index >= 15 is 0 Å². The third-order valence-electron chi connectivity index (χ3n) is 1.82. The van der Waals surface area contributed by atoms with Crippen molar-refractivity contribution in [1.29, 1.82) is 0 Å². The van der Waals surface area contributed by atoms with Crippen molar-refractivity contribution >= 4 is 5.82 Å². The minimum atomic E-state index is -0.507. The number of nitro groups is 1. The molecular weight excluding hydrogens is 182 g/mol. The van der Waals surface area contributed by atoms with Crippen molar-refractivity contribution < 1.29 is 4.92 Å². The van der Waals surface area contributed by atoms with Crippen molar-refractivity contribution in [2.24, 2.45) is 0 Å². The highest BCUT2D eigenvalue weighted by molar-refractivity contribution is 5.37. The maximum atomic E-state index is 10.5. The van der Waals surface area contributed by atoms with Gasteiger partial charge in [0.15, 0.2) is 0 Å². The van der Waals surface area contributed by atoms with E-state index in [1.807, 2.05) is 24.5 Å². The summed E-state index contributed by atoms with van der Waals surface area (Å²) in [6.45, 7) is 0. The Morgan fingerprint density at radius 1 is 1.36 bits per heavy atom.